The molecule has 0 saturated carbocycles. The summed E-state index contributed by atoms with van der Waals surface area (Å²) in [6.07, 6.45) is 2.50. The van der Waals surface area contributed by atoms with Gasteiger partial charge in [-0.25, -0.2) is 0 Å². The topological polar surface area (TPSA) is 25.2 Å². The molecule has 1 unspecified atom stereocenters. The first kappa shape index (κ1) is 12.7. The SMILES string of the molecule is CNC(Cc1ccccc1Cl)c1ccoc1Br. The van der Waals surface area contributed by atoms with Gasteiger partial charge in [-0.1, -0.05) is 29.8 Å². The molecule has 0 aliphatic rings. The molecule has 90 valence electrons. The van der Waals surface area contributed by atoms with Gasteiger partial charge in [0.2, 0.25) is 0 Å². The summed E-state index contributed by atoms with van der Waals surface area (Å²) in [5, 5.41) is 4.07. The zero-order valence-electron chi connectivity index (χ0n) is 9.41. The Hall–Kier alpha value is -0.770. The van der Waals surface area contributed by atoms with Gasteiger partial charge in [-0.3, -0.25) is 0 Å². The summed E-state index contributed by atoms with van der Waals surface area (Å²) in [6.45, 7) is 0. The summed E-state index contributed by atoms with van der Waals surface area (Å²) < 4.78 is 6.03. The van der Waals surface area contributed by atoms with Crippen molar-refractivity contribution in [3.8, 4) is 0 Å². The maximum Gasteiger partial charge on any atom is 0.173 e. The van der Waals surface area contributed by atoms with Crippen LogP contribution in [0.1, 0.15) is 17.2 Å². The van der Waals surface area contributed by atoms with Gasteiger partial charge >= 0.3 is 0 Å². The third-order valence-corrected chi connectivity index (χ3v) is 3.77. The highest BCUT2D eigenvalue weighted by Gasteiger charge is 2.16. The fourth-order valence-electron chi connectivity index (χ4n) is 1.81. The van der Waals surface area contributed by atoms with Crippen LogP contribution in [0, 0.1) is 0 Å². The highest BCUT2D eigenvalue weighted by Crippen LogP contribution is 2.28. The molecule has 17 heavy (non-hydrogen) atoms. The summed E-state index contributed by atoms with van der Waals surface area (Å²) in [4.78, 5) is 0. The Morgan fingerprint density at radius 3 is 2.71 bits per heavy atom. The number of rotatable bonds is 4. The molecule has 0 saturated heterocycles. The van der Waals surface area contributed by atoms with Gasteiger partial charge < -0.3 is 9.73 Å². The number of benzene rings is 1. The second-order valence-electron chi connectivity index (χ2n) is 3.79. The van der Waals surface area contributed by atoms with Gasteiger partial charge in [0.05, 0.1) is 6.26 Å². The Balaban J connectivity index is 2.22. The highest BCUT2D eigenvalue weighted by molar-refractivity contribution is 9.10. The second kappa shape index (κ2) is 5.71. The van der Waals surface area contributed by atoms with Crippen LogP contribution in [0.15, 0.2) is 45.7 Å². The lowest BCUT2D eigenvalue weighted by Gasteiger charge is -2.16. The minimum Gasteiger partial charge on any atom is -0.457 e. The van der Waals surface area contributed by atoms with Gasteiger partial charge in [-0.05, 0) is 47.1 Å². The summed E-state index contributed by atoms with van der Waals surface area (Å²) >= 11 is 9.56. The van der Waals surface area contributed by atoms with Crippen molar-refractivity contribution in [2.75, 3.05) is 7.05 Å². The Bertz CT molecular complexity index is 498. The van der Waals surface area contributed by atoms with Gasteiger partial charge in [-0.2, -0.15) is 0 Å². The van der Waals surface area contributed by atoms with Crippen molar-refractivity contribution in [2.45, 2.75) is 12.5 Å². The van der Waals surface area contributed by atoms with Crippen LogP contribution in [0.4, 0.5) is 0 Å². The zero-order valence-corrected chi connectivity index (χ0v) is 11.8. The standard InChI is InChI=1S/C13H13BrClNO/c1-16-12(10-6-7-17-13(10)14)8-9-4-2-3-5-11(9)15/h2-7,12,16H,8H2,1H3. The number of furan rings is 1. The average molecular weight is 315 g/mol. The molecule has 0 fully saturated rings. The molecule has 2 aromatic rings. The Morgan fingerprint density at radius 1 is 1.35 bits per heavy atom. The Morgan fingerprint density at radius 2 is 2.12 bits per heavy atom. The molecule has 0 radical (unpaired) electrons. The zero-order chi connectivity index (χ0) is 12.3. The molecule has 2 rings (SSSR count). The largest absolute Gasteiger partial charge is 0.457 e. The highest BCUT2D eigenvalue weighted by atomic mass is 79.9. The lowest BCUT2D eigenvalue weighted by atomic mass is 10.0. The number of hydrogen-bond acceptors (Lipinski definition) is 2. The third kappa shape index (κ3) is 2.92. The third-order valence-electron chi connectivity index (χ3n) is 2.75. The van der Waals surface area contributed by atoms with E-state index in [-0.39, 0.29) is 6.04 Å². The van der Waals surface area contributed by atoms with Crippen molar-refractivity contribution in [3.63, 3.8) is 0 Å². The minimum absolute atomic E-state index is 0.183. The molecule has 0 amide bonds. The molecule has 1 atom stereocenters. The average Bonchev–Trinajstić information content (AvgIpc) is 2.75. The van der Waals surface area contributed by atoms with Gasteiger partial charge in [0.25, 0.3) is 0 Å². The maximum atomic E-state index is 6.16. The number of hydrogen-bond donors (Lipinski definition) is 1. The molecule has 1 heterocycles. The van der Waals surface area contributed by atoms with Crippen molar-refractivity contribution >= 4 is 27.5 Å². The van der Waals surface area contributed by atoms with Crippen LogP contribution >= 0.6 is 27.5 Å². The van der Waals surface area contributed by atoms with Crippen LogP contribution in [-0.4, -0.2) is 7.05 Å². The van der Waals surface area contributed by atoms with E-state index in [1.807, 2.05) is 37.4 Å². The molecule has 1 aromatic carbocycles. The molecule has 0 bridgehead atoms. The van der Waals surface area contributed by atoms with Crippen LogP contribution in [0.5, 0.6) is 0 Å². The molecule has 4 heteroatoms. The van der Waals surface area contributed by atoms with Crippen molar-refractivity contribution in [2.24, 2.45) is 0 Å². The molecular formula is C13H13BrClNO. The van der Waals surface area contributed by atoms with Crippen molar-refractivity contribution in [1.82, 2.24) is 5.32 Å². The van der Waals surface area contributed by atoms with E-state index >= 15 is 0 Å². The maximum absolute atomic E-state index is 6.16. The van der Waals surface area contributed by atoms with Crippen molar-refractivity contribution in [1.29, 1.82) is 0 Å². The monoisotopic (exact) mass is 313 g/mol. The molecule has 0 aliphatic heterocycles. The predicted octanol–water partition coefficient (Wildman–Crippen LogP) is 4.20. The number of nitrogens with one attached hydrogen (secondary N) is 1. The van der Waals surface area contributed by atoms with E-state index in [9.17, 15) is 0 Å². The van der Waals surface area contributed by atoms with Crippen molar-refractivity contribution < 1.29 is 4.42 Å². The fourth-order valence-corrected chi connectivity index (χ4v) is 2.53. The first-order valence-electron chi connectivity index (χ1n) is 5.36. The second-order valence-corrected chi connectivity index (χ2v) is 4.91. The molecule has 0 spiro atoms. The van der Waals surface area contributed by atoms with Gasteiger partial charge in [-0.15, -0.1) is 0 Å². The van der Waals surface area contributed by atoms with E-state index in [1.165, 1.54) is 0 Å². The lowest BCUT2D eigenvalue weighted by Crippen LogP contribution is -2.18. The van der Waals surface area contributed by atoms with E-state index in [1.54, 1.807) is 6.26 Å². The quantitative estimate of drug-likeness (QED) is 0.915. The molecule has 0 aliphatic carbocycles. The van der Waals surface area contributed by atoms with Crippen LogP contribution < -0.4 is 5.32 Å². The number of likely N-dealkylation sites (N-methyl/N-ethyl adjacent to an activating group) is 1. The predicted molar refractivity (Wildman–Crippen MR) is 73.4 cm³/mol. The van der Waals surface area contributed by atoms with Crippen molar-refractivity contribution in [3.05, 3.63) is 57.4 Å². The van der Waals surface area contributed by atoms with Gasteiger partial charge in [0.1, 0.15) is 0 Å². The summed E-state index contributed by atoms with van der Waals surface area (Å²) in [5.41, 5.74) is 2.23. The van der Waals surface area contributed by atoms with Crippen LogP contribution in [0.3, 0.4) is 0 Å². The first-order chi connectivity index (χ1) is 8.22. The molecular weight excluding hydrogens is 302 g/mol. The minimum atomic E-state index is 0.183. The number of halogens is 2. The first-order valence-corrected chi connectivity index (χ1v) is 6.53. The normalized spacial score (nSPS) is 12.6. The van der Waals surface area contributed by atoms with Gasteiger partial charge in [0.15, 0.2) is 4.67 Å². The summed E-state index contributed by atoms with van der Waals surface area (Å²) in [7, 11) is 1.93. The van der Waals surface area contributed by atoms with E-state index in [4.69, 9.17) is 16.0 Å². The van der Waals surface area contributed by atoms with E-state index in [0.29, 0.717) is 0 Å². The van der Waals surface area contributed by atoms with E-state index in [0.717, 1.165) is 27.2 Å². The summed E-state index contributed by atoms with van der Waals surface area (Å²) in [6, 6.07) is 10.0. The van der Waals surface area contributed by atoms with Gasteiger partial charge in [0, 0.05) is 16.6 Å². The summed E-state index contributed by atoms with van der Waals surface area (Å²) in [5.74, 6) is 0. The Kier molecular flexibility index (Phi) is 4.26. The fraction of sp³-hybridized carbons (Fsp3) is 0.231. The smallest absolute Gasteiger partial charge is 0.173 e. The van der Waals surface area contributed by atoms with E-state index < -0.39 is 0 Å². The van der Waals surface area contributed by atoms with Crippen LogP contribution in [-0.2, 0) is 6.42 Å². The Labute approximate surface area is 114 Å². The van der Waals surface area contributed by atoms with E-state index in [2.05, 4.69) is 21.2 Å². The molecule has 2 nitrogen and oxygen atoms in total. The van der Waals surface area contributed by atoms with Crippen LogP contribution in [0.2, 0.25) is 5.02 Å². The molecule has 1 aromatic heterocycles. The van der Waals surface area contributed by atoms with Crippen LogP contribution in [0.25, 0.3) is 0 Å². The molecule has 1 N–H and O–H groups in total. The lowest BCUT2D eigenvalue weighted by molar-refractivity contribution is 0.518.